The summed E-state index contributed by atoms with van der Waals surface area (Å²) in [5.41, 5.74) is 3.16. The molecule has 1 amide bonds. The fourth-order valence-corrected chi connectivity index (χ4v) is 3.72. The second kappa shape index (κ2) is 8.43. The third-order valence-corrected chi connectivity index (χ3v) is 5.43. The third-order valence-electron chi connectivity index (χ3n) is 4.40. The summed E-state index contributed by atoms with van der Waals surface area (Å²) in [6, 6.07) is 12.2. The number of carbonyl (C=O) groups is 1. The van der Waals surface area contributed by atoms with Crippen LogP contribution in [0.2, 0.25) is 0 Å². The Labute approximate surface area is 162 Å². The number of fused-ring (bicyclic) bond motifs is 1. The summed E-state index contributed by atoms with van der Waals surface area (Å²) in [7, 11) is 1.67. The normalized spacial score (nSPS) is 12.3. The molecule has 0 fully saturated rings. The number of H-pyrrole nitrogens is 1. The van der Waals surface area contributed by atoms with Crippen molar-refractivity contribution in [3.63, 3.8) is 0 Å². The lowest BCUT2D eigenvalue weighted by atomic mass is 10.1. The molecule has 2 heterocycles. The Kier molecular flexibility index (Phi) is 6.01. The molecule has 27 heavy (non-hydrogen) atoms. The second-order valence-electron chi connectivity index (χ2n) is 6.75. The van der Waals surface area contributed by atoms with Gasteiger partial charge in [0.2, 0.25) is 5.91 Å². The first kappa shape index (κ1) is 19.2. The number of rotatable bonds is 7. The van der Waals surface area contributed by atoms with Crippen LogP contribution < -0.4 is 10.9 Å². The van der Waals surface area contributed by atoms with Gasteiger partial charge in [0, 0.05) is 18.8 Å². The molecule has 1 aromatic carbocycles. The lowest BCUT2D eigenvalue weighted by Gasteiger charge is -2.14. The smallest absolute Gasteiger partial charge is 0.278 e. The van der Waals surface area contributed by atoms with E-state index in [0.717, 1.165) is 18.5 Å². The number of aromatic nitrogens is 3. The van der Waals surface area contributed by atoms with E-state index < -0.39 is 0 Å². The molecule has 7 heteroatoms. The van der Waals surface area contributed by atoms with Crippen LogP contribution in [0.5, 0.6) is 0 Å². The number of nitrogens with one attached hydrogen (secondary N) is 2. The molecule has 0 spiro atoms. The second-order valence-corrected chi connectivity index (χ2v) is 7.70. The van der Waals surface area contributed by atoms with Crippen molar-refractivity contribution in [2.75, 3.05) is 5.75 Å². The maximum absolute atomic E-state index is 12.4. The molecule has 0 aliphatic heterocycles. The molecule has 2 aromatic heterocycles. The van der Waals surface area contributed by atoms with Crippen LogP contribution >= 0.6 is 11.8 Å². The molecular weight excluding hydrogens is 360 g/mol. The van der Waals surface area contributed by atoms with Crippen molar-refractivity contribution in [3.05, 3.63) is 58.0 Å². The van der Waals surface area contributed by atoms with E-state index in [1.807, 2.05) is 38.1 Å². The van der Waals surface area contributed by atoms with Gasteiger partial charge in [-0.25, -0.2) is 4.98 Å². The summed E-state index contributed by atoms with van der Waals surface area (Å²) in [4.78, 5) is 32.2. The van der Waals surface area contributed by atoms with Gasteiger partial charge in [0.1, 0.15) is 5.52 Å². The SMILES string of the molecule is Cc1cc2nc(SCC(=O)NC(C)CCc3ccccc3)n(C)c(=O)c2[nH]1. The molecule has 0 saturated heterocycles. The van der Waals surface area contributed by atoms with Crippen LogP contribution in [0, 0.1) is 6.92 Å². The van der Waals surface area contributed by atoms with Gasteiger partial charge in [-0.2, -0.15) is 0 Å². The molecule has 0 saturated carbocycles. The average molecular weight is 385 g/mol. The standard InChI is InChI=1S/C20H24N4O2S/c1-13(9-10-15-7-5-4-6-8-15)21-17(25)12-27-20-23-16-11-14(2)22-18(16)19(26)24(20)3/h4-8,11,13,22H,9-10,12H2,1-3H3,(H,21,25). The van der Waals surface area contributed by atoms with Crippen molar-refractivity contribution in [3.8, 4) is 0 Å². The lowest BCUT2D eigenvalue weighted by Crippen LogP contribution is -2.34. The van der Waals surface area contributed by atoms with Crippen molar-refractivity contribution in [1.29, 1.82) is 0 Å². The van der Waals surface area contributed by atoms with E-state index in [1.165, 1.54) is 21.9 Å². The molecule has 0 aliphatic rings. The summed E-state index contributed by atoms with van der Waals surface area (Å²) >= 11 is 1.28. The molecule has 0 aliphatic carbocycles. The van der Waals surface area contributed by atoms with Gasteiger partial charge in [0.25, 0.3) is 5.56 Å². The summed E-state index contributed by atoms with van der Waals surface area (Å²) in [6.45, 7) is 3.90. The molecule has 2 N–H and O–H groups in total. The Morgan fingerprint density at radius 2 is 2.07 bits per heavy atom. The number of aromatic amines is 1. The molecule has 0 bridgehead atoms. The maximum Gasteiger partial charge on any atom is 0.278 e. The highest BCUT2D eigenvalue weighted by Crippen LogP contribution is 2.17. The average Bonchev–Trinajstić information content (AvgIpc) is 3.03. The third kappa shape index (κ3) is 4.80. The molecule has 6 nitrogen and oxygen atoms in total. The zero-order valence-electron chi connectivity index (χ0n) is 15.8. The molecule has 0 radical (unpaired) electrons. The molecule has 3 rings (SSSR count). The number of benzene rings is 1. The van der Waals surface area contributed by atoms with E-state index in [2.05, 4.69) is 27.4 Å². The van der Waals surface area contributed by atoms with Crippen LogP contribution in [0.15, 0.2) is 46.3 Å². The maximum atomic E-state index is 12.4. The van der Waals surface area contributed by atoms with Crippen LogP contribution in [-0.4, -0.2) is 32.2 Å². The highest BCUT2D eigenvalue weighted by atomic mass is 32.2. The minimum atomic E-state index is -0.132. The Hall–Kier alpha value is -2.54. The Bertz CT molecular complexity index is 994. The Morgan fingerprint density at radius 3 is 2.81 bits per heavy atom. The van der Waals surface area contributed by atoms with Gasteiger partial charge in [0.05, 0.1) is 11.3 Å². The zero-order valence-corrected chi connectivity index (χ0v) is 16.6. The highest BCUT2D eigenvalue weighted by molar-refractivity contribution is 7.99. The summed E-state index contributed by atoms with van der Waals surface area (Å²) in [6.07, 6.45) is 1.81. The molecule has 142 valence electrons. The van der Waals surface area contributed by atoms with Crippen LogP contribution in [0.25, 0.3) is 11.0 Å². The van der Waals surface area contributed by atoms with E-state index in [1.54, 1.807) is 7.05 Å². The van der Waals surface area contributed by atoms with E-state index in [-0.39, 0.29) is 23.3 Å². The minimum absolute atomic E-state index is 0.0554. The highest BCUT2D eigenvalue weighted by Gasteiger charge is 2.13. The largest absolute Gasteiger partial charge is 0.353 e. The van der Waals surface area contributed by atoms with Crippen LogP contribution in [0.4, 0.5) is 0 Å². The predicted octanol–water partition coefficient (Wildman–Crippen LogP) is 2.80. The van der Waals surface area contributed by atoms with Crippen molar-refractivity contribution >= 4 is 28.7 Å². The van der Waals surface area contributed by atoms with Crippen LogP contribution in [0.1, 0.15) is 24.6 Å². The number of nitrogens with zero attached hydrogens (tertiary/aromatic N) is 2. The number of carbonyl (C=O) groups excluding carboxylic acids is 1. The number of aryl methyl sites for hydroxylation is 2. The van der Waals surface area contributed by atoms with Gasteiger partial charge in [-0.3, -0.25) is 14.2 Å². The quantitative estimate of drug-likeness (QED) is 0.485. The molecule has 3 aromatic rings. The summed E-state index contributed by atoms with van der Waals surface area (Å²) in [5.74, 6) is 0.172. The van der Waals surface area contributed by atoms with E-state index in [4.69, 9.17) is 0 Å². The molecule has 1 atom stereocenters. The topological polar surface area (TPSA) is 79.8 Å². The van der Waals surface area contributed by atoms with Gasteiger partial charge >= 0.3 is 0 Å². The van der Waals surface area contributed by atoms with Crippen molar-refractivity contribution in [2.45, 2.75) is 37.9 Å². The van der Waals surface area contributed by atoms with Gasteiger partial charge in [-0.05, 0) is 38.3 Å². The lowest BCUT2D eigenvalue weighted by molar-refractivity contribution is -0.119. The molecular formula is C20H24N4O2S. The first-order valence-electron chi connectivity index (χ1n) is 8.96. The van der Waals surface area contributed by atoms with Gasteiger partial charge in [-0.15, -0.1) is 0 Å². The first-order valence-corrected chi connectivity index (χ1v) is 9.95. The predicted molar refractivity (Wildman–Crippen MR) is 109 cm³/mol. The van der Waals surface area contributed by atoms with E-state index >= 15 is 0 Å². The van der Waals surface area contributed by atoms with Crippen LogP contribution in [-0.2, 0) is 18.3 Å². The summed E-state index contributed by atoms with van der Waals surface area (Å²) < 4.78 is 1.48. The van der Waals surface area contributed by atoms with Crippen LogP contribution in [0.3, 0.4) is 0 Å². The Morgan fingerprint density at radius 1 is 1.33 bits per heavy atom. The number of amides is 1. The Balaban J connectivity index is 1.55. The monoisotopic (exact) mass is 384 g/mol. The fourth-order valence-electron chi connectivity index (χ4n) is 2.93. The molecule has 1 unspecified atom stereocenters. The zero-order chi connectivity index (χ0) is 19.4. The minimum Gasteiger partial charge on any atom is -0.353 e. The number of hydrogen-bond donors (Lipinski definition) is 2. The van der Waals surface area contributed by atoms with E-state index in [0.29, 0.717) is 16.2 Å². The number of thioether (sulfide) groups is 1. The fraction of sp³-hybridized carbons (Fsp3) is 0.350. The number of hydrogen-bond acceptors (Lipinski definition) is 4. The van der Waals surface area contributed by atoms with Gasteiger partial charge in [-0.1, -0.05) is 42.1 Å². The first-order chi connectivity index (χ1) is 12.9. The van der Waals surface area contributed by atoms with E-state index in [9.17, 15) is 9.59 Å². The van der Waals surface area contributed by atoms with Gasteiger partial charge < -0.3 is 10.3 Å². The van der Waals surface area contributed by atoms with Crippen molar-refractivity contribution in [1.82, 2.24) is 19.9 Å². The van der Waals surface area contributed by atoms with Gasteiger partial charge in [0.15, 0.2) is 5.16 Å². The van der Waals surface area contributed by atoms with Crippen molar-refractivity contribution < 1.29 is 4.79 Å². The summed E-state index contributed by atoms with van der Waals surface area (Å²) in [5, 5.41) is 3.55. The van der Waals surface area contributed by atoms with Crippen molar-refractivity contribution in [2.24, 2.45) is 7.05 Å².